The largest absolute Gasteiger partial charge is 0.294 e. The molecule has 1 fully saturated rings. The van der Waals surface area contributed by atoms with E-state index >= 15 is 0 Å². The van der Waals surface area contributed by atoms with Crippen LogP contribution in [0.1, 0.15) is 46.5 Å². The van der Waals surface area contributed by atoms with Crippen molar-refractivity contribution >= 4 is 6.21 Å². The van der Waals surface area contributed by atoms with Crippen molar-refractivity contribution in [3.63, 3.8) is 0 Å². The summed E-state index contributed by atoms with van der Waals surface area (Å²) in [6, 6.07) is 0. The first-order valence-corrected chi connectivity index (χ1v) is 7.23. The normalized spacial score (nSPS) is 22.4. The van der Waals surface area contributed by atoms with Crippen LogP contribution in [0.25, 0.3) is 0 Å². The second-order valence-corrected chi connectivity index (χ2v) is 5.02. The predicted octanol–water partition coefficient (Wildman–Crippen LogP) is 3.14. The predicted molar refractivity (Wildman–Crippen MR) is 75.8 cm³/mol. The highest BCUT2D eigenvalue weighted by Gasteiger charge is 2.20. The number of hydrogen-bond acceptors (Lipinski definition) is 1. The Bertz CT molecular complexity index is 271. The SMILES string of the molecule is CC.CC1CCN(CC2=CCCC=[N+]2C)CC1. The van der Waals surface area contributed by atoms with Crippen molar-refractivity contribution in [2.75, 3.05) is 26.7 Å². The molecule has 0 saturated carbocycles. The molecule has 0 aromatic carbocycles. The fourth-order valence-electron chi connectivity index (χ4n) is 2.40. The molecule has 0 spiro atoms. The van der Waals surface area contributed by atoms with E-state index in [9.17, 15) is 0 Å². The van der Waals surface area contributed by atoms with Gasteiger partial charge in [-0.1, -0.05) is 20.8 Å². The average molecular weight is 237 g/mol. The van der Waals surface area contributed by atoms with Crippen molar-refractivity contribution < 1.29 is 4.58 Å². The van der Waals surface area contributed by atoms with Gasteiger partial charge in [-0.05, 0) is 44.3 Å². The first-order valence-electron chi connectivity index (χ1n) is 7.23. The van der Waals surface area contributed by atoms with Crippen molar-refractivity contribution in [3.05, 3.63) is 11.8 Å². The van der Waals surface area contributed by atoms with E-state index in [-0.39, 0.29) is 0 Å². The molecule has 2 aliphatic heterocycles. The highest BCUT2D eigenvalue weighted by molar-refractivity contribution is 5.53. The topological polar surface area (TPSA) is 6.25 Å². The van der Waals surface area contributed by atoms with E-state index in [2.05, 4.69) is 35.7 Å². The van der Waals surface area contributed by atoms with Crippen molar-refractivity contribution in [1.29, 1.82) is 0 Å². The van der Waals surface area contributed by atoms with Gasteiger partial charge in [0.1, 0.15) is 13.3 Å². The fourth-order valence-corrected chi connectivity index (χ4v) is 2.40. The lowest BCUT2D eigenvalue weighted by Gasteiger charge is -2.29. The summed E-state index contributed by atoms with van der Waals surface area (Å²) in [5, 5.41) is 0. The van der Waals surface area contributed by atoms with E-state index in [1.165, 1.54) is 44.5 Å². The highest BCUT2D eigenvalue weighted by atomic mass is 15.2. The van der Waals surface area contributed by atoms with Crippen LogP contribution in [0, 0.1) is 5.92 Å². The van der Waals surface area contributed by atoms with Crippen molar-refractivity contribution in [2.24, 2.45) is 5.92 Å². The zero-order valence-electron chi connectivity index (χ0n) is 12.1. The lowest BCUT2D eigenvalue weighted by atomic mass is 9.99. The molecular weight excluding hydrogens is 208 g/mol. The molecular formula is C15H29N2+. The second kappa shape index (κ2) is 7.65. The first-order chi connectivity index (χ1) is 8.25. The van der Waals surface area contributed by atoms with Crippen LogP contribution in [0.15, 0.2) is 11.8 Å². The highest BCUT2D eigenvalue weighted by Crippen LogP contribution is 2.17. The van der Waals surface area contributed by atoms with Gasteiger partial charge in [-0.25, -0.2) is 4.58 Å². The maximum atomic E-state index is 2.60. The minimum absolute atomic E-state index is 0.936. The molecule has 0 amide bonds. The number of likely N-dealkylation sites (tertiary alicyclic amines) is 1. The van der Waals surface area contributed by atoms with E-state index in [1.54, 1.807) is 0 Å². The molecule has 0 radical (unpaired) electrons. The Balaban J connectivity index is 0.000000686. The number of rotatable bonds is 2. The van der Waals surface area contributed by atoms with Gasteiger partial charge >= 0.3 is 0 Å². The monoisotopic (exact) mass is 237 g/mol. The van der Waals surface area contributed by atoms with E-state index in [4.69, 9.17) is 0 Å². The minimum atomic E-state index is 0.936. The van der Waals surface area contributed by atoms with Crippen molar-refractivity contribution in [1.82, 2.24) is 4.90 Å². The summed E-state index contributed by atoms with van der Waals surface area (Å²) < 4.78 is 2.31. The molecule has 1 saturated heterocycles. The minimum Gasteiger partial charge on any atom is -0.294 e. The standard InChI is InChI=1S/C13H23N2.C2H6/c1-12-6-9-15(10-7-12)11-13-5-3-4-8-14(13)2;1-2/h5,8,12H,3-4,6-7,9-11H2,1-2H3;1-2H3/q+1;. The molecule has 2 heterocycles. The van der Waals surface area contributed by atoms with E-state index in [0.29, 0.717) is 0 Å². The van der Waals surface area contributed by atoms with Crippen LogP contribution in [0.2, 0.25) is 0 Å². The third-order valence-electron chi connectivity index (χ3n) is 3.66. The molecule has 0 aromatic heterocycles. The summed E-state index contributed by atoms with van der Waals surface area (Å²) in [4.78, 5) is 2.60. The van der Waals surface area contributed by atoms with E-state index in [0.717, 1.165) is 12.5 Å². The summed E-state index contributed by atoms with van der Waals surface area (Å²) >= 11 is 0. The van der Waals surface area contributed by atoms with E-state index in [1.807, 2.05) is 13.8 Å². The molecule has 0 atom stereocenters. The lowest BCUT2D eigenvalue weighted by molar-refractivity contribution is -0.445. The van der Waals surface area contributed by atoms with Crippen LogP contribution < -0.4 is 0 Å². The molecule has 2 nitrogen and oxygen atoms in total. The maximum absolute atomic E-state index is 2.60. The summed E-state index contributed by atoms with van der Waals surface area (Å²) in [5.41, 5.74) is 1.50. The van der Waals surface area contributed by atoms with Gasteiger partial charge in [-0.2, -0.15) is 0 Å². The number of allylic oxidation sites excluding steroid dienone is 1. The van der Waals surface area contributed by atoms with Crippen molar-refractivity contribution in [3.8, 4) is 0 Å². The molecule has 0 aromatic rings. The second-order valence-electron chi connectivity index (χ2n) is 5.02. The van der Waals surface area contributed by atoms with Gasteiger partial charge < -0.3 is 0 Å². The zero-order valence-corrected chi connectivity index (χ0v) is 12.1. The summed E-state index contributed by atoms with van der Waals surface area (Å²) in [7, 11) is 2.18. The zero-order chi connectivity index (χ0) is 12.7. The quantitative estimate of drug-likeness (QED) is 0.669. The van der Waals surface area contributed by atoms with Crippen LogP contribution in [-0.4, -0.2) is 42.4 Å². The van der Waals surface area contributed by atoms with Crippen LogP contribution in [0.5, 0.6) is 0 Å². The average Bonchev–Trinajstić information content (AvgIpc) is 2.37. The Hall–Kier alpha value is -0.630. The van der Waals surface area contributed by atoms with Crippen molar-refractivity contribution in [2.45, 2.75) is 46.5 Å². The molecule has 2 heteroatoms. The first kappa shape index (κ1) is 14.4. The van der Waals surface area contributed by atoms with E-state index < -0.39 is 0 Å². The van der Waals surface area contributed by atoms with Gasteiger partial charge in [0.05, 0.1) is 6.54 Å². The Morgan fingerprint density at radius 2 is 1.88 bits per heavy atom. The Kier molecular flexibility index (Phi) is 6.49. The van der Waals surface area contributed by atoms with Crippen LogP contribution in [0.4, 0.5) is 0 Å². The number of likely N-dealkylation sites (N-methyl/N-ethyl adjacent to an activating group) is 1. The molecule has 0 unspecified atom stereocenters. The molecule has 17 heavy (non-hydrogen) atoms. The summed E-state index contributed by atoms with van der Waals surface area (Å²) in [5.74, 6) is 0.936. The van der Waals surface area contributed by atoms with Gasteiger partial charge in [-0.15, -0.1) is 0 Å². The molecule has 0 aliphatic carbocycles. The summed E-state index contributed by atoms with van der Waals surface area (Å²) in [6.07, 6.45) is 9.89. The number of nitrogens with zero attached hydrogens (tertiary/aromatic N) is 2. The van der Waals surface area contributed by atoms with Gasteiger partial charge in [0.15, 0.2) is 5.70 Å². The third kappa shape index (κ3) is 4.63. The number of piperidine rings is 1. The van der Waals surface area contributed by atoms with Gasteiger partial charge in [0.25, 0.3) is 0 Å². The smallest absolute Gasteiger partial charge is 0.190 e. The van der Waals surface area contributed by atoms with Gasteiger partial charge in [0, 0.05) is 6.42 Å². The lowest BCUT2D eigenvalue weighted by Crippen LogP contribution is -2.36. The van der Waals surface area contributed by atoms with Gasteiger partial charge in [0.2, 0.25) is 0 Å². The maximum Gasteiger partial charge on any atom is 0.190 e. The number of hydrogen-bond donors (Lipinski definition) is 0. The molecule has 98 valence electrons. The van der Waals surface area contributed by atoms with Crippen LogP contribution in [-0.2, 0) is 0 Å². The fraction of sp³-hybridized carbons (Fsp3) is 0.800. The third-order valence-corrected chi connectivity index (χ3v) is 3.66. The van der Waals surface area contributed by atoms with Gasteiger partial charge in [-0.3, -0.25) is 4.90 Å². The molecule has 2 rings (SSSR count). The summed E-state index contributed by atoms with van der Waals surface area (Å²) in [6.45, 7) is 10.1. The molecule has 0 bridgehead atoms. The molecule has 0 N–H and O–H groups in total. The Labute approximate surface area is 107 Å². The Morgan fingerprint density at radius 1 is 1.24 bits per heavy atom. The Morgan fingerprint density at radius 3 is 2.47 bits per heavy atom. The van der Waals surface area contributed by atoms with Crippen LogP contribution in [0.3, 0.4) is 0 Å². The van der Waals surface area contributed by atoms with Crippen LogP contribution >= 0.6 is 0 Å². The molecule has 2 aliphatic rings.